The van der Waals surface area contributed by atoms with Crippen LogP contribution in [-0.4, -0.2) is 58.7 Å². The van der Waals surface area contributed by atoms with Gasteiger partial charge in [-0.15, -0.1) is 0 Å². The number of aliphatic carboxylic acids is 1. The average Bonchev–Trinajstić information content (AvgIpc) is 2.85. The van der Waals surface area contributed by atoms with Crippen LogP contribution in [0.1, 0.15) is 40.5 Å². The van der Waals surface area contributed by atoms with Gasteiger partial charge in [0.1, 0.15) is 12.1 Å². The molecule has 2 atom stereocenters. The fourth-order valence-corrected chi connectivity index (χ4v) is 3.17. The number of carboxylic acids is 1. The number of hydrogen-bond donors (Lipinski definition) is 2. The highest BCUT2D eigenvalue weighted by molar-refractivity contribution is 6.25. The summed E-state index contributed by atoms with van der Waals surface area (Å²) in [5, 5.41) is 11.3. The van der Waals surface area contributed by atoms with Crippen molar-refractivity contribution in [3.8, 4) is 0 Å². The quantitative estimate of drug-likeness (QED) is 0.725. The summed E-state index contributed by atoms with van der Waals surface area (Å²) < 4.78 is 0. The lowest BCUT2D eigenvalue weighted by Crippen LogP contribution is -2.54. The Bertz CT molecular complexity index is 849. The number of rotatable bonds is 4. The van der Waals surface area contributed by atoms with Gasteiger partial charge < -0.3 is 10.0 Å². The van der Waals surface area contributed by atoms with Crippen LogP contribution in [0.25, 0.3) is 0 Å². The largest absolute Gasteiger partial charge is 0.480 e. The Morgan fingerprint density at radius 2 is 1.96 bits per heavy atom. The third kappa shape index (κ3) is 2.61. The number of carbonyl (C=O) groups excluding carboxylic acids is 4. The van der Waals surface area contributed by atoms with Gasteiger partial charge in [0, 0.05) is 13.5 Å². The van der Waals surface area contributed by atoms with E-state index in [2.05, 4.69) is 5.32 Å². The number of amides is 4. The summed E-state index contributed by atoms with van der Waals surface area (Å²) in [5.74, 6) is -3.51. The van der Waals surface area contributed by atoms with Crippen molar-refractivity contribution in [3.05, 3.63) is 29.3 Å². The van der Waals surface area contributed by atoms with Crippen LogP contribution >= 0.6 is 0 Å². The molecule has 1 unspecified atom stereocenters. The fraction of sp³-hybridized carbons (Fsp3) is 0.353. The average molecular weight is 359 g/mol. The van der Waals surface area contributed by atoms with Gasteiger partial charge in [-0.1, -0.05) is 6.07 Å². The van der Waals surface area contributed by atoms with Crippen molar-refractivity contribution in [3.63, 3.8) is 0 Å². The van der Waals surface area contributed by atoms with E-state index in [1.807, 2.05) is 0 Å². The van der Waals surface area contributed by atoms with E-state index < -0.39 is 41.7 Å². The number of piperidine rings is 1. The molecule has 26 heavy (non-hydrogen) atoms. The minimum atomic E-state index is -1.08. The number of hydrogen-bond acceptors (Lipinski definition) is 6. The van der Waals surface area contributed by atoms with Gasteiger partial charge in [0.25, 0.3) is 11.8 Å². The normalized spacial score (nSPS) is 20.7. The summed E-state index contributed by atoms with van der Waals surface area (Å²) >= 11 is 0. The number of carbonyl (C=O) groups is 5. The summed E-state index contributed by atoms with van der Waals surface area (Å²) in [7, 11) is 1.51. The number of nitrogens with one attached hydrogen (secondary N) is 1. The Morgan fingerprint density at radius 3 is 2.58 bits per heavy atom. The Morgan fingerprint density at radius 1 is 1.27 bits per heavy atom. The van der Waals surface area contributed by atoms with Gasteiger partial charge in [0.15, 0.2) is 0 Å². The molecule has 136 valence electrons. The Hall–Kier alpha value is -3.23. The first-order valence-electron chi connectivity index (χ1n) is 8.04. The molecule has 2 N–H and O–H groups in total. The van der Waals surface area contributed by atoms with Crippen molar-refractivity contribution in [2.24, 2.45) is 0 Å². The predicted molar refractivity (Wildman–Crippen MR) is 88.6 cm³/mol. The SMILES string of the molecule is C[C@@H](C(=O)O)N(C)c1cccc2c1C(=O)N(C1CCC(=O)NC1=O)C2=O. The Labute approximate surface area is 148 Å². The Kier molecular flexibility index (Phi) is 4.23. The van der Waals surface area contributed by atoms with Crippen LogP contribution in [0, 0.1) is 0 Å². The zero-order valence-corrected chi connectivity index (χ0v) is 14.2. The van der Waals surface area contributed by atoms with Crippen molar-refractivity contribution in [1.82, 2.24) is 10.2 Å². The van der Waals surface area contributed by atoms with E-state index in [1.165, 1.54) is 24.9 Å². The van der Waals surface area contributed by atoms with Gasteiger partial charge in [-0.3, -0.25) is 29.4 Å². The lowest BCUT2D eigenvalue weighted by molar-refractivity contribution is -0.138. The van der Waals surface area contributed by atoms with Crippen LogP contribution in [0.15, 0.2) is 18.2 Å². The standard InChI is InChI=1S/C17H17N3O6/c1-8(17(25)26)19(2)10-5-3-4-9-13(10)16(24)20(15(9)23)11-6-7-12(21)18-14(11)22/h3-5,8,11H,6-7H2,1-2H3,(H,25,26)(H,18,21,22)/t8-,11?/m0/s1. The molecule has 9 nitrogen and oxygen atoms in total. The molecule has 0 aromatic heterocycles. The van der Waals surface area contributed by atoms with Crippen LogP contribution in [0.4, 0.5) is 5.69 Å². The smallest absolute Gasteiger partial charge is 0.326 e. The maximum atomic E-state index is 12.9. The first kappa shape index (κ1) is 17.6. The maximum Gasteiger partial charge on any atom is 0.326 e. The first-order chi connectivity index (χ1) is 12.2. The molecule has 2 aliphatic heterocycles. The number of imide groups is 2. The van der Waals surface area contributed by atoms with Crippen molar-refractivity contribution >= 4 is 35.3 Å². The van der Waals surface area contributed by atoms with Crippen LogP contribution in [0.2, 0.25) is 0 Å². The summed E-state index contributed by atoms with van der Waals surface area (Å²) in [5.41, 5.74) is 0.477. The number of anilines is 1. The molecular formula is C17H17N3O6. The molecule has 1 fully saturated rings. The summed E-state index contributed by atoms with van der Waals surface area (Å²) in [6.45, 7) is 1.46. The molecule has 1 saturated heterocycles. The van der Waals surface area contributed by atoms with E-state index in [0.29, 0.717) is 5.69 Å². The highest BCUT2D eigenvalue weighted by atomic mass is 16.4. The number of benzene rings is 1. The predicted octanol–water partition coefficient (Wildman–Crippen LogP) is -0.00290. The first-order valence-corrected chi connectivity index (χ1v) is 8.04. The molecule has 0 radical (unpaired) electrons. The zero-order valence-electron chi connectivity index (χ0n) is 14.2. The van der Waals surface area contributed by atoms with Gasteiger partial charge in [-0.05, 0) is 25.5 Å². The van der Waals surface area contributed by atoms with Crippen molar-refractivity contribution < 1.29 is 29.1 Å². The molecule has 0 spiro atoms. The highest BCUT2D eigenvalue weighted by Crippen LogP contribution is 2.34. The third-order valence-electron chi connectivity index (χ3n) is 4.76. The van der Waals surface area contributed by atoms with Crippen molar-refractivity contribution in [2.75, 3.05) is 11.9 Å². The topological polar surface area (TPSA) is 124 Å². The van der Waals surface area contributed by atoms with Crippen LogP contribution < -0.4 is 10.2 Å². The number of likely N-dealkylation sites (N-methyl/N-ethyl adjacent to an activating group) is 1. The maximum absolute atomic E-state index is 12.9. The second-order valence-corrected chi connectivity index (χ2v) is 6.27. The van der Waals surface area contributed by atoms with E-state index in [9.17, 15) is 29.1 Å². The minimum absolute atomic E-state index is 0.0343. The van der Waals surface area contributed by atoms with E-state index in [1.54, 1.807) is 12.1 Å². The summed E-state index contributed by atoms with van der Waals surface area (Å²) in [4.78, 5) is 62.5. The lowest BCUT2D eigenvalue weighted by Gasteiger charge is -2.28. The number of nitrogens with zero attached hydrogens (tertiary/aromatic N) is 2. The van der Waals surface area contributed by atoms with Gasteiger partial charge in [-0.25, -0.2) is 4.79 Å². The van der Waals surface area contributed by atoms with Crippen LogP contribution in [0.3, 0.4) is 0 Å². The lowest BCUT2D eigenvalue weighted by atomic mass is 10.0. The molecule has 3 rings (SSSR count). The van der Waals surface area contributed by atoms with E-state index in [-0.39, 0.29) is 24.0 Å². The molecule has 0 saturated carbocycles. The number of carboxylic acid groups (broad SMARTS) is 1. The molecule has 1 aromatic rings. The molecule has 4 amide bonds. The zero-order chi connectivity index (χ0) is 19.2. The summed E-state index contributed by atoms with van der Waals surface area (Å²) in [6, 6.07) is 2.59. The molecule has 0 aliphatic carbocycles. The molecule has 9 heteroatoms. The van der Waals surface area contributed by atoms with Crippen LogP contribution in [0.5, 0.6) is 0 Å². The molecule has 0 bridgehead atoms. The molecule has 1 aromatic carbocycles. The molecule has 2 aliphatic rings. The summed E-state index contributed by atoms with van der Waals surface area (Å²) in [6.07, 6.45) is 0.0967. The third-order valence-corrected chi connectivity index (χ3v) is 4.76. The van der Waals surface area contributed by atoms with Crippen molar-refractivity contribution in [2.45, 2.75) is 31.8 Å². The van der Waals surface area contributed by atoms with Gasteiger partial charge in [0.05, 0.1) is 16.8 Å². The van der Waals surface area contributed by atoms with Crippen molar-refractivity contribution in [1.29, 1.82) is 0 Å². The van der Waals surface area contributed by atoms with Gasteiger partial charge in [-0.2, -0.15) is 0 Å². The second kappa shape index (κ2) is 6.25. The second-order valence-electron chi connectivity index (χ2n) is 6.27. The fourth-order valence-electron chi connectivity index (χ4n) is 3.17. The minimum Gasteiger partial charge on any atom is -0.480 e. The molecular weight excluding hydrogens is 342 g/mol. The van der Waals surface area contributed by atoms with Gasteiger partial charge >= 0.3 is 5.97 Å². The van der Waals surface area contributed by atoms with E-state index in [0.717, 1.165) is 4.90 Å². The molecule has 2 heterocycles. The number of fused-ring (bicyclic) bond motifs is 1. The van der Waals surface area contributed by atoms with Crippen LogP contribution in [-0.2, 0) is 14.4 Å². The monoisotopic (exact) mass is 359 g/mol. The highest BCUT2D eigenvalue weighted by Gasteiger charge is 2.46. The van der Waals surface area contributed by atoms with Gasteiger partial charge in [0.2, 0.25) is 11.8 Å². The van der Waals surface area contributed by atoms with E-state index in [4.69, 9.17) is 0 Å². The van der Waals surface area contributed by atoms with E-state index >= 15 is 0 Å². The Balaban J connectivity index is 2.01.